The summed E-state index contributed by atoms with van der Waals surface area (Å²) >= 11 is 5.99. The number of nitrogens with one attached hydrogen (secondary N) is 1. The number of carbonyl (C=O) groups excluding carboxylic acids is 2. The number of halogens is 1. The Morgan fingerprint density at radius 3 is 2.30 bits per heavy atom. The van der Waals surface area contributed by atoms with Gasteiger partial charge in [-0.1, -0.05) is 60.1 Å². The summed E-state index contributed by atoms with van der Waals surface area (Å²) in [5, 5.41) is 3.30. The number of ketones is 1. The summed E-state index contributed by atoms with van der Waals surface area (Å²) < 4.78 is 0. The number of rotatable bonds is 5. The first-order valence-corrected chi connectivity index (χ1v) is 6.63. The third-order valence-corrected chi connectivity index (χ3v) is 3.22. The van der Waals surface area contributed by atoms with Crippen molar-refractivity contribution in [2.45, 2.75) is 13.0 Å². The molecule has 2 aromatic carbocycles. The Kier molecular flexibility index (Phi) is 4.91. The average molecular weight is 288 g/mol. The van der Waals surface area contributed by atoms with E-state index >= 15 is 0 Å². The highest BCUT2D eigenvalue weighted by Gasteiger charge is 2.11. The molecule has 1 amide bonds. The molecule has 0 aliphatic heterocycles. The van der Waals surface area contributed by atoms with E-state index < -0.39 is 0 Å². The van der Waals surface area contributed by atoms with Crippen LogP contribution in [-0.2, 0) is 11.3 Å². The van der Waals surface area contributed by atoms with Crippen LogP contribution in [-0.4, -0.2) is 11.7 Å². The second-order valence-electron chi connectivity index (χ2n) is 4.33. The first kappa shape index (κ1) is 14.3. The molecule has 0 unspecified atom stereocenters. The molecule has 0 aromatic heterocycles. The van der Waals surface area contributed by atoms with Crippen molar-refractivity contribution in [3.05, 3.63) is 70.7 Å². The molecule has 2 aromatic rings. The predicted octanol–water partition coefficient (Wildman–Crippen LogP) is 3.23. The van der Waals surface area contributed by atoms with Gasteiger partial charge in [0.05, 0.1) is 6.42 Å². The molecule has 0 radical (unpaired) electrons. The summed E-state index contributed by atoms with van der Waals surface area (Å²) in [5.41, 5.74) is 1.37. The molecular weight excluding hydrogens is 274 g/mol. The van der Waals surface area contributed by atoms with Crippen LogP contribution in [0.2, 0.25) is 5.02 Å². The monoisotopic (exact) mass is 287 g/mol. The molecule has 0 aliphatic carbocycles. The van der Waals surface area contributed by atoms with Gasteiger partial charge in [0.1, 0.15) is 0 Å². The van der Waals surface area contributed by atoms with Gasteiger partial charge < -0.3 is 5.32 Å². The van der Waals surface area contributed by atoms with Crippen LogP contribution in [0, 0.1) is 0 Å². The highest BCUT2D eigenvalue weighted by atomic mass is 35.5. The van der Waals surface area contributed by atoms with Crippen LogP contribution in [0.15, 0.2) is 54.6 Å². The molecule has 4 heteroatoms. The highest BCUT2D eigenvalue weighted by molar-refractivity contribution is 6.31. The van der Waals surface area contributed by atoms with Crippen LogP contribution in [0.25, 0.3) is 0 Å². The molecule has 0 atom stereocenters. The Bertz CT molecular complexity index is 611. The normalized spacial score (nSPS) is 10.1. The number of Topliss-reactive ketones (excluding diaryl/α,β-unsaturated/α-hetero) is 1. The van der Waals surface area contributed by atoms with Crippen molar-refractivity contribution >= 4 is 23.3 Å². The van der Waals surface area contributed by atoms with Crippen molar-refractivity contribution < 1.29 is 9.59 Å². The van der Waals surface area contributed by atoms with Gasteiger partial charge in [-0.25, -0.2) is 0 Å². The minimum Gasteiger partial charge on any atom is -0.352 e. The lowest BCUT2D eigenvalue weighted by atomic mass is 10.1. The maximum Gasteiger partial charge on any atom is 0.228 e. The fourth-order valence-electron chi connectivity index (χ4n) is 1.77. The molecular formula is C16H14ClNO2. The maximum atomic E-state index is 11.8. The first-order chi connectivity index (χ1) is 9.66. The van der Waals surface area contributed by atoms with E-state index in [1.54, 1.807) is 30.3 Å². The van der Waals surface area contributed by atoms with Gasteiger partial charge in [-0.05, 0) is 11.6 Å². The number of amides is 1. The predicted molar refractivity (Wildman–Crippen MR) is 78.7 cm³/mol. The van der Waals surface area contributed by atoms with Crippen molar-refractivity contribution in [2.75, 3.05) is 0 Å². The smallest absolute Gasteiger partial charge is 0.228 e. The minimum absolute atomic E-state index is 0.158. The van der Waals surface area contributed by atoms with Crippen molar-refractivity contribution in [1.82, 2.24) is 5.32 Å². The molecule has 0 aliphatic rings. The van der Waals surface area contributed by atoms with Crippen LogP contribution in [0.1, 0.15) is 22.3 Å². The molecule has 0 heterocycles. The topological polar surface area (TPSA) is 46.2 Å². The van der Waals surface area contributed by atoms with Crippen LogP contribution >= 0.6 is 11.6 Å². The molecule has 2 rings (SSSR count). The van der Waals surface area contributed by atoms with Crippen molar-refractivity contribution in [1.29, 1.82) is 0 Å². The Labute approximate surface area is 122 Å². The van der Waals surface area contributed by atoms with Crippen molar-refractivity contribution in [2.24, 2.45) is 0 Å². The zero-order valence-electron chi connectivity index (χ0n) is 10.8. The summed E-state index contributed by atoms with van der Waals surface area (Å²) in [6, 6.07) is 16.0. The van der Waals surface area contributed by atoms with Crippen LogP contribution < -0.4 is 5.32 Å². The summed E-state index contributed by atoms with van der Waals surface area (Å²) in [5.74, 6) is -0.499. The Morgan fingerprint density at radius 2 is 1.60 bits per heavy atom. The van der Waals surface area contributed by atoms with Crippen LogP contribution in [0.5, 0.6) is 0 Å². The van der Waals surface area contributed by atoms with E-state index in [-0.39, 0.29) is 18.1 Å². The van der Waals surface area contributed by atoms with E-state index in [4.69, 9.17) is 11.6 Å². The van der Waals surface area contributed by atoms with Crippen molar-refractivity contribution in [3.8, 4) is 0 Å². The number of hydrogen-bond donors (Lipinski definition) is 1. The maximum absolute atomic E-state index is 11.8. The Balaban J connectivity index is 1.87. The molecule has 0 fully saturated rings. The summed E-state index contributed by atoms with van der Waals surface area (Å²) in [7, 11) is 0. The van der Waals surface area contributed by atoms with Gasteiger partial charge in [-0.3, -0.25) is 9.59 Å². The summed E-state index contributed by atoms with van der Waals surface area (Å²) in [4.78, 5) is 23.6. The standard InChI is InChI=1S/C16H14ClNO2/c17-14-9-5-4-8-13(14)11-18-16(20)10-15(19)12-6-2-1-3-7-12/h1-9H,10-11H2,(H,18,20). The van der Waals surface area contributed by atoms with E-state index in [1.807, 2.05) is 24.3 Å². The van der Waals surface area contributed by atoms with Crippen molar-refractivity contribution in [3.63, 3.8) is 0 Å². The molecule has 0 bridgehead atoms. The lowest BCUT2D eigenvalue weighted by Crippen LogP contribution is -2.25. The fourth-order valence-corrected chi connectivity index (χ4v) is 1.97. The second-order valence-corrected chi connectivity index (χ2v) is 4.74. The van der Waals surface area contributed by atoms with Gasteiger partial charge in [0.15, 0.2) is 5.78 Å². The van der Waals surface area contributed by atoms with Crippen LogP contribution in [0.3, 0.4) is 0 Å². The second kappa shape index (κ2) is 6.87. The average Bonchev–Trinajstić information content (AvgIpc) is 2.47. The Hall–Kier alpha value is -2.13. The quantitative estimate of drug-likeness (QED) is 0.678. The van der Waals surface area contributed by atoms with Gasteiger partial charge in [-0.2, -0.15) is 0 Å². The van der Waals surface area contributed by atoms with Gasteiger partial charge in [0.2, 0.25) is 5.91 Å². The molecule has 0 spiro atoms. The third kappa shape index (κ3) is 3.93. The molecule has 0 saturated carbocycles. The molecule has 20 heavy (non-hydrogen) atoms. The Morgan fingerprint density at radius 1 is 0.950 bits per heavy atom. The van der Waals surface area contributed by atoms with Gasteiger partial charge in [0.25, 0.3) is 0 Å². The summed E-state index contributed by atoms with van der Waals surface area (Å²) in [6.45, 7) is 0.320. The number of hydrogen-bond acceptors (Lipinski definition) is 2. The number of carbonyl (C=O) groups is 2. The molecule has 3 nitrogen and oxygen atoms in total. The lowest BCUT2D eigenvalue weighted by molar-refractivity contribution is -0.120. The zero-order chi connectivity index (χ0) is 14.4. The minimum atomic E-state index is -0.307. The summed E-state index contributed by atoms with van der Waals surface area (Å²) in [6.07, 6.45) is -0.158. The van der Waals surface area contributed by atoms with E-state index in [1.165, 1.54) is 0 Å². The largest absolute Gasteiger partial charge is 0.352 e. The lowest BCUT2D eigenvalue weighted by Gasteiger charge is -2.06. The first-order valence-electron chi connectivity index (χ1n) is 6.25. The van der Waals surface area contributed by atoms with Crippen LogP contribution in [0.4, 0.5) is 0 Å². The SMILES string of the molecule is O=C(CC(=O)c1ccccc1)NCc1ccccc1Cl. The van der Waals surface area contributed by atoms with E-state index in [0.717, 1.165) is 5.56 Å². The van der Waals surface area contributed by atoms with Gasteiger partial charge in [0, 0.05) is 17.1 Å². The van der Waals surface area contributed by atoms with Gasteiger partial charge in [-0.15, -0.1) is 0 Å². The molecule has 102 valence electrons. The molecule has 0 saturated heterocycles. The molecule has 1 N–H and O–H groups in total. The zero-order valence-corrected chi connectivity index (χ0v) is 11.6. The van der Waals surface area contributed by atoms with E-state index in [2.05, 4.69) is 5.32 Å². The van der Waals surface area contributed by atoms with E-state index in [0.29, 0.717) is 17.1 Å². The fraction of sp³-hybridized carbons (Fsp3) is 0.125. The number of benzene rings is 2. The third-order valence-electron chi connectivity index (χ3n) is 2.85. The van der Waals surface area contributed by atoms with Gasteiger partial charge >= 0.3 is 0 Å². The van der Waals surface area contributed by atoms with E-state index in [9.17, 15) is 9.59 Å². The highest BCUT2D eigenvalue weighted by Crippen LogP contribution is 2.14.